The summed E-state index contributed by atoms with van der Waals surface area (Å²) in [4.78, 5) is 11.8. The van der Waals surface area contributed by atoms with Crippen LogP contribution in [0.4, 0.5) is 0 Å². The monoisotopic (exact) mass is 270 g/mol. The molecule has 0 saturated carbocycles. The van der Waals surface area contributed by atoms with Crippen LogP contribution in [0.2, 0.25) is 19.1 Å². The van der Waals surface area contributed by atoms with Gasteiger partial charge in [-0.15, -0.1) is 0 Å². The lowest BCUT2D eigenvalue weighted by molar-refractivity contribution is -0.217. The Morgan fingerprint density at radius 3 is 2.67 bits per heavy atom. The molecule has 0 aromatic carbocycles. The minimum Gasteiger partial charge on any atom is -0.431 e. The summed E-state index contributed by atoms with van der Waals surface area (Å²) in [6.45, 7) is 13.7. The first-order valence-corrected chi connectivity index (χ1v) is 9.91. The Bertz CT molecular complexity index is 338. The topological polar surface area (TPSA) is 35.5 Å². The van der Waals surface area contributed by atoms with Crippen LogP contribution in [0.25, 0.3) is 0 Å². The van der Waals surface area contributed by atoms with E-state index in [1.807, 2.05) is 6.92 Å². The SMILES string of the molecule is C=C(C)C(=O)OC1(C)O[Si](C)(C)CCC1CCC. The molecule has 3 nitrogen and oxygen atoms in total. The Kier molecular flexibility index (Phi) is 4.78. The van der Waals surface area contributed by atoms with E-state index in [2.05, 4.69) is 26.6 Å². The van der Waals surface area contributed by atoms with Crippen LogP contribution in [0.5, 0.6) is 0 Å². The second kappa shape index (κ2) is 5.57. The van der Waals surface area contributed by atoms with E-state index >= 15 is 0 Å². The molecular formula is C14H26O3Si. The molecule has 2 atom stereocenters. The molecule has 1 rings (SSSR count). The Morgan fingerprint density at radius 2 is 2.17 bits per heavy atom. The highest BCUT2D eigenvalue weighted by Gasteiger charge is 2.47. The number of carbonyl (C=O) groups excluding carboxylic acids is 1. The molecule has 0 aromatic heterocycles. The predicted octanol–water partition coefficient (Wildman–Crippen LogP) is 3.86. The van der Waals surface area contributed by atoms with Crippen molar-refractivity contribution < 1.29 is 14.0 Å². The number of carbonyl (C=O) groups is 1. The molecule has 18 heavy (non-hydrogen) atoms. The van der Waals surface area contributed by atoms with Gasteiger partial charge in [-0.1, -0.05) is 19.9 Å². The molecule has 104 valence electrons. The van der Waals surface area contributed by atoms with Crippen molar-refractivity contribution in [3.05, 3.63) is 12.2 Å². The van der Waals surface area contributed by atoms with Crippen molar-refractivity contribution in [2.75, 3.05) is 0 Å². The zero-order chi connectivity index (χ0) is 14.0. The van der Waals surface area contributed by atoms with Crippen molar-refractivity contribution in [3.63, 3.8) is 0 Å². The highest BCUT2D eigenvalue weighted by atomic mass is 28.4. The van der Waals surface area contributed by atoms with Gasteiger partial charge in [-0.25, -0.2) is 4.79 Å². The fourth-order valence-corrected chi connectivity index (χ4v) is 5.05. The van der Waals surface area contributed by atoms with Crippen molar-refractivity contribution in [3.8, 4) is 0 Å². The number of rotatable bonds is 4. The van der Waals surface area contributed by atoms with Crippen LogP contribution in [0.1, 0.15) is 40.0 Å². The van der Waals surface area contributed by atoms with Gasteiger partial charge in [-0.2, -0.15) is 0 Å². The first-order valence-electron chi connectivity index (χ1n) is 6.79. The average molecular weight is 270 g/mol. The number of esters is 1. The molecule has 1 aliphatic heterocycles. The van der Waals surface area contributed by atoms with E-state index in [1.165, 1.54) is 0 Å². The maximum atomic E-state index is 11.8. The molecule has 1 heterocycles. The summed E-state index contributed by atoms with van der Waals surface area (Å²) < 4.78 is 11.8. The molecule has 0 bridgehead atoms. The lowest BCUT2D eigenvalue weighted by atomic mass is 9.92. The molecule has 1 saturated heterocycles. The van der Waals surface area contributed by atoms with Gasteiger partial charge in [0.05, 0.1) is 0 Å². The zero-order valence-electron chi connectivity index (χ0n) is 12.3. The molecule has 2 unspecified atom stereocenters. The third-order valence-corrected chi connectivity index (χ3v) is 6.05. The summed E-state index contributed by atoms with van der Waals surface area (Å²) in [5.74, 6) is -0.809. The molecular weight excluding hydrogens is 244 g/mol. The first kappa shape index (κ1) is 15.4. The maximum absolute atomic E-state index is 11.8. The van der Waals surface area contributed by atoms with Crippen molar-refractivity contribution >= 4 is 14.3 Å². The van der Waals surface area contributed by atoms with Gasteiger partial charge >= 0.3 is 5.97 Å². The summed E-state index contributed by atoms with van der Waals surface area (Å²) in [5.41, 5.74) is 0.431. The summed E-state index contributed by atoms with van der Waals surface area (Å²) >= 11 is 0. The predicted molar refractivity (Wildman–Crippen MR) is 75.7 cm³/mol. The minimum absolute atomic E-state index is 0.298. The molecule has 1 aliphatic rings. The van der Waals surface area contributed by atoms with Crippen LogP contribution in [-0.2, 0) is 14.0 Å². The highest BCUT2D eigenvalue weighted by Crippen LogP contribution is 2.41. The summed E-state index contributed by atoms with van der Waals surface area (Å²) in [6.07, 6.45) is 3.20. The first-order chi connectivity index (χ1) is 8.20. The van der Waals surface area contributed by atoms with Crippen molar-refractivity contribution in [2.45, 2.75) is 65.0 Å². The lowest BCUT2D eigenvalue weighted by Crippen LogP contribution is -2.54. The fraction of sp³-hybridized carbons (Fsp3) is 0.786. The smallest absolute Gasteiger partial charge is 0.335 e. The van der Waals surface area contributed by atoms with Gasteiger partial charge in [0.15, 0.2) is 8.32 Å². The van der Waals surface area contributed by atoms with Crippen LogP contribution in [0.15, 0.2) is 12.2 Å². The van der Waals surface area contributed by atoms with E-state index in [4.69, 9.17) is 9.16 Å². The molecule has 0 spiro atoms. The summed E-state index contributed by atoms with van der Waals surface area (Å²) in [5, 5.41) is 0. The largest absolute Gasteiger partial charge is 0.431 e. The van der Waals surface area contributed by atoms with E-state index in [9.17, 15) is 4.79 Å². The highest BCUT2D eigenvalue weighted by molar-refractivity contribution is 6.71. The molecule has 1 fully saturated rings. The van der Waals surface area contributed by atoms with Crippen LogP contribution >= 0.6 is 0 Å². The van der Waals surface area contributed by atoms with Crippen LogP contribution < -0.4 is 0 Å². The fourth-order valence-electron chi connectivity index (χ4n) is 2.60. The Labute approximate surface area is 112 Å². The van der Waals surface area contributed by atoms with Gasteiger partial charge in [-0.3, -0.25) is 0 Å². The third kappa shape index (κ3) is 3.69. The van der Waals surface area contributed by atoms with Gasteiger partial charge in [0.25, 0.3) is 0 Å². The molecule has 0 radical (unpaired) electrons. The quantitative estimate of drug-likeness (QED) is 0.442. The summed E-state index contributed by atoms with van der Waals surface area (Å²) in [6, 6.07) is 1.14. The lowest BCUT2D eigenvalue weighted by Gasteiger charge is -2.47. The standard InChI is InChI=1S/C14H26O3Si/c1-7-8-12-9-10-18(5,6)17-14(12,4)16-13(15)11(2)3/h12H,2,7-10H2,1,3-6H3. The van der Waals surface area contributed by atoms with E-state index in [1.54, 1.807) is 6.92 Å². The Balaban J connectivity index is 2.87. The number of ether oxygens (including phenoxy) is 1. The zero-order valence-corrected chi connectivity index (χ0v) is 13.3. The average Bonchev–Trinajstić information content (AvgIpc) is 2.21. The van der Waals surface area contributed by atoms with Gasteiger partial charge in [0.2, 0.25) is 5.79 Å². The van der Waals surface area contributed by atoms with Crippen molar-refractivity contribution in [1.82, 2.24) is 0 Å². The van der Waals surface area contributed by atoms with Crippen molar-refractivity contribution in [2.24, 2.45) is 5.92 Å². The normalized spacial score (nSPS) is 30.8. The van der Waals surface area contributed by atoms with Gasteiger partial charge < -0.3 is 9.16 Å². The molecule has 4 heteroatoms. The van der Waals surface area contributed by atoms with E-state index in [0.29, 0.717) is 11.5 Å². The molecule has 0 N–H and O–H groups in total. The maximum Gasteiger partial charge on any atom is 0.335 e. The van der Waals surface area contributed by atoms with E-state index in [-0.39, 0.29) is 5.97 Å². The Morgan fingerprint density at radius 1 is 1.56 bits per heavy atom. The third-order valence-electron chi connectivity index (χ3n) is 3.60. The molecule has 0 amide bonds. The van der Waals surface area contributed by atoms with Crippen LogP contribution in [0, 0.1) is 5.92 Å². The van der Waals surface area contributed by atoms with Crippen LogP contribution in [0.3, 0.4) is 0 Å². The van der Waals surface area contributed by atoms with Crippen LogP contribution in [-0.4, -0.2) is 20.1 Å². The van der Waals surface area contributed by atoms with E-state index in [0.717, 1.165) is 25.3 Å². The van der Waals surface area contributed by atoms with Gasteiger partial charge in [-0.05, 0) is 38.9 Å². The second-order valence-corrected chi connectivity index (χ2v) is 10.3. The van der Waals surface area contributed by atoms with Gasteiger partial charge in [0, 0.05) is 18.4 Å². The summed E-state index contributed by atoms with van der Waals surface area (Å²) in [7, 11) is -1.71. The number of hydrogen-bond acceptors (Lipinski definition) is 3. The number of hydrogen-bond donors (Lipinski definition) is 0. The van der Waals surface area contributed by atoms with Crippen molar-refractivity contribution in [1.29, 1.82) is 0 Å². The second-order valence-electron chi connectivity index (χ2n) is 6.07. The molecule has 0 aromatic rings. The minimum atomic E-state index is -1.71. The molecule has 0 aliphatic carbocycles. The van der Waals surface area contributed by atoms with E-state index < -0.39 is 14.1 Å². The van der Waals surface area contributed by atoms with Gasteiger partial charge in [0.1, 0.15) is 0 Å². The Hall–Kier alpha value is -0.613.